The normalized spacial score (nSPS) is 11.0. The van der Waals surface area contributed by atoms with Gasteiger partial charge in [-0.05, 0) is 30.3 Å². The molecule has 0 atom stereocenters. The van der Waals surface area contributed by atoms with Crippen molar-refractivity contribution < 1.29 is 23.4 Å². The van der Waals surface area contributed by atoms with Crippen molar-refractivity contribution in [3.8, 4) is 17.2 Å². The van der Waals surface area contributed by atoms with E-state index >= 15 is 0 Å². The van der Waals surface area contributed by atoms with E-state index in [9.17, 15) is 14.7 Å². The highest BCUT2D eigenvalue weighted by Gasteiger charge is 2.10. The maximum atomic E-state index is 11.8. The summed E-state index contributed by atoms with van der Waals surface area (Å²) in [5.41, 5.74) is 0.113. The van der Waals surface area contributed by atoms with E-state index in [0.29, 0.717) is 33.4 Å². The Bertz CT molecular complexity index is 1270. The van der Waals surface area contributed by atoms with Gasteiger partial charge in [0.1, 0.15) is 35.0 Å². The fourth-order valence-electron chi connectivity index (χ4n) is 2.83. The van der Waals surface area contributed by atoms with Crippen LogP contribution in [0.3, 0.4) is 0 Å². The highest BCUT2D eigenvalue weighted by molar-refractivity contribution is 5.84. The molecule has 4 aromatic rings. The van der Waals surface area contributed by atoms with Crippen molar-refractivity contribution in [2.75, 3.05) is 7.11 Å². The molecule has 2 heterocycles. The van der Waals surface area contributed by atoms with Gasteiger partial charge in [0.25, 0.3) is 0 Å². The van der Waals surface area contributed by atoms with Crippen LogP contribution in [0.25, 0.3) is 21.9 Å². The number of rotatable bonds is 4. The zero-order chi connectivity index (χ0) is 19.0. The lowest BCUT2D eigenvalue weighted by molar-refractivity contribution is 0.306. The first-order valence-corrected chi connectivity index (χ1v) is 8.04. The van der Waals surface area contributed by atoms with Crippen molar-refractivity contribution in [3.63, 3.8) is 0 Å². The van der Waals surface area contributed by atoms with Crippen LogP contribution in [0, 0.1) is 0 Å². The van der Waals surface area contributed by atoms with Gasteiger partial charge in [-0.1, -0.05) is 0 Å². The van der Waals surface area contributed by atoms with E-state index in [-0.39, 0.29) is 17.9 Å². The summed E-state index contributed by atoms with van der Waals surface area (Å²) in [5.74, 6) is 0.882. The van der Waals surface area contributed by atoms with E-state index in [0.717, 1.165) is 6.07 Å². The average molecular weight is 366 g/mol. The molecule has 0 unspecified atom stereocenters. The van der Waals surface area contributed by atoms with Crippen LogP contribution in [0.2, 0.25) is 0 Å². The molecular formula is C20H14O7. The lowest BCUT2D eigenvalue weighted by Crippen LogP contribution is -2.04. The van der Waals surface area contributed by atoms with Crippen molar-refractivity contribution in [1.29, 1.82) is 0 Å². The van der Waals surface area contributed by atoms with E-state index in [1.807, 2.05) is 0 Å². The Labute approximate surface area is 152 Å². The van der Waals surface area contributed by atoms with E-state index in [1.54, 1.807) is 37.4 Å². The molecule has 7 nitrogen and oxygen atoms in total. The van der Waals surface area contributed by atoms with Gasteiger partial charge >= 0.3 is 11.3 Å². The standard InChI is InChI=1S/C20H14O7/c1-24-12-3-5-17-15(7-12)11(6-19(22)26-17)10-25-13-2-4-14-16(21)9-20(23)27-18(14)8-13/h2-9,21H,10H2,1H3. The second-order valence-electron chi connectivity index (χ2n) is 5.85. The predicted octanol–water partition coefficient (Wildman–Crippen LogP) is 3.19. The van der Waals surface area contributed by atoms with Crippen molar-refractivity contribution >= 4 is 21.9 Å². The third kappa shape index (κ3) is 3.22. The Balaban J connectivity index is 1.70. The number of aromatic hydroxyl groups is 1. The Morgan fingerprint density at radius 2 is 1.59 bits per heavy atom. The number of ether oxygens (including phenoxy) is 2. The van der Waals surface area contributed by atoms with Crippen molar-refractivity contribution in [2.45, 2.75) is 6.61 Å². The van der Waals surface area contributed by atoms with Gasteiger partial charge in [0, 0.05) is 23.1 Å². The van der Waals surface area contributed by atoms with E-state index in [2.05, 4.69) is 0 Å². The van der Waals surface area contributed by atoms with Gasteiger partial charge in [0.05, 0.1) is 18.6 Å². The molecule has 136 valence electrons. The average Bonchev–Trinajstić information content (AvgIpc) is 2.65. The van der Waals surface area contributed by atoms with E-state index < -0.39 is 11.3 Å². The number of benzene rings is 2. The number of hydrogen-bond acceptors (Lipinski definition) is 7. The Morgan fingerprint density at radius 3 is 2.41 bits per heavy atom. The quantitative estimate of drug-likeness (QED) is 0.554. The largest absolute Gasteiger partial charge is 0.507 e. The summed E-state index contributed by atoms with van der Waals surface area (Å²) in [6.07, 6.45) is 0. The van der Waals surface area contributed by atoms with Crippen molar-refractivity contribution in [2.24, 2.45) is 0 Å². The molecule has 0 saturated heterocycles. The molecule has 2 aromatic heterocycles. The molecule has 0 saturated carbocycles. The van der Waals surface area contributed by atoms with E-state index in [4.69, 9.17) is 18.3 Å². The SMILES string of the molecule is COc1ccc2oc(=O)cc(COc3ccc4c(O)cc(=O)oc4c3)c2c1. The van der Waals surface area contributed by atoms with Crippen LogP contribution in [0.1, 0.15) is 5.56 Å². The highest BCUT2D eigenvalue weighted by atomic mass is 16.5. The lowest BCUT2D eigenvalue weighted by atomic mass is 10.1. The minimum absolute atomic E-state index is 0.0871. The lowest BCUT2D eigenvalue weighted by Gasteiger charge is -2.10. The molecule has 0 spiro atoms. The predicted molar refractivity (Wildman–Crippen MR) is 97.5 cm³/mol. The molecule has 2 aromatic carbocycles. The number of hydrogen-bond donors (Lipinski definition) is 1. The van der Waals surface area contributed by atoms with E-state index in [1.165, 1.54) is 12.1 Å². The van der Waals surface area contributed by atoms with Gasteiger partial charge in [0.15, 0.2) is 0 Å². The van der Waals surface area contributed by atoms with Crippen molar-refractivity contribution in [3.05, 3.63) is 74.9 Å². The molecule has 0 amide bonds. The summed E-state index contributed by atoms with van der Waals surface area (Å²) in [4.78, 5) is 23.2. The first kappa shape index (κ1) is 16.7. The van der Waals surface area contributed by atoms with Crippen LogP contribution in [0.4, 0.5) is 0 Å². The smallest absolute Gasteiger partial charge is 0.339 e. The molecule has 0 bridgehead atoms. The van der Waals surface area contributed by atoms with Gasteiger partial charge in [-0.2, -0.15) is 0 Å². The fraction of sp³-hybridized carbons (Fsp3) is 0.100. The second kappa shape index (κ2) is 6.53. The van der Waals surface area contributed by atoms with Gasteiger partial charge in [-0.3, -0.25) is 0 Å². The summed E-state index contributed by atoms with van der Waals surface area (Å²) in [6.45, 7) is 0.0871. The summed E-state index contributed by atoms with van der Waals surface area (Å²) in [5, 5.41) is 10.9. The van der Waals surface area contributed by atoms with Gasteiger partial charge in [-0.25, -0.2) is 9.59 Å². The number of methoxy groups -OCH3 is 1. The maximum Gasteiger partial charge on any atom is 0.339 e. The minimum Gasteiger partial charge on any atom is -0.507 e. The molecule has 1 N–H and O–H groups in total. The molecule has 0 aliphatic rings. The van der Waals surface area contributed by atoms with Crippen LogP contribution in [-0.2, 0) is 6.61 Å². The van der Waals surface area contributed by atoms with Crippen LogP contribution in [0.5, 0.6) is 17.2 Å². The Hall–Kier alpha value is -3.74. The molecule has 4 rings (SSSR count). The Kier molecular flexibility index (Phi) is 4.04. The maximum absolute atomic E-state index is 11.8. The summed E-state index contributed by atoms with van der Waals surface area (Å²) in [6, 6.07) is 12.2. The van der Waals surface area contributed by atoms with Crippen LogP contribution in [-0.4, -0.2) is 12.2 Å². The third-order valence-corrected chi connectivity index (χ3v) is 4.12. The third-order valence-electron chi connectivity index (χ3n) is 4.12. The zero-order valence-corrected chi connectivity index (χ0v) is 14.2. The molecule has 27 heavy (non-hydrogen) atoms. The molecule has 0 fully saturated rings. The van der Waals surface area contributed by atoms with Gasteiger partial charge in [-0.15, -0.1) is 0 Å². The fourth-order valence-corrected chi connectivity index (χ4v) is 2.83. The molecule has 7 heteroatoms. The van der Waals surface area contributed by atoms with Crippen LogP contribution in [0.15, 0.2) is 67.0 Å². The van der Waals surface area contributed by atoms with Crippen molar-refractivity contribution in [1.82, 2.24) is 0 Å². The zero-order valence-electron chi connectivity index (χ0n) is 14.2. The van der Waals surface area contributed by atoms with Crippen LogP contribution >= 0.6 is 0 Å². The highest BCUT2D eigenvalue weighted by Crippen LogP contribution is 2.28. The monoisotopic (exact) mass is 366 g/mol. The van der Waals surface area contributed by atoms with Gasteiger partial charge in [0.2, 0.25) is 0 Å². The summed E-state index contributed by atoms with van der Waals surface area (Å²) < 4.78 is 21.2. The minimum atomic E-state index is -0.657. The van der Waals surface area contributed by atoms with Crippen LogP contribution < -0.4 is 20.7 Å². The Morgan fingerprint density at radius 1 is 0.852 bits per heavy atom. The molecule has 0 aliphatic heterocycles. The molecular weight excluding hydrogens is 352 g/mol. The molecule has 0 aliphatic carbocycles. The summed E-state index contributed by atoms with van der Waals surface area (Å²) in [7, 11) is 1.55. The number of fused-ring (bicyclic) bond motifs is 2. The molecule has 0 radical (unpaired) electrons. The second-order valence-corrected chi connectivity index (χ2v) is 5.85. The first-order chi connectivity index (χ1) is 13.0. The first-order valence-electron chi connectivity index (χ1n) is 8.04. The topological polar surface area (TPSA) is 99.1 Å². The van der Waals surface area contributed by atoms with Gasteiger partial charge < -0.3 is 23.4 Å². The summed E-state index contributed by atoms with van der Waals surface area (Å²) >= 11 is 0.